The number of benzene rings is 1. The SMILES string of the molecule is CC(C)N(C)CCS(=O)(=O)c1ccc(C(N)=S)cc1. The largest absolute Gasteiger partial charge is 0.389 e. The molecule has 19 heavy (non-hydrogen) atoms. The third kappa shape index (κ3) is 4.56. The molecule has 2 N–H and O–H groups in total. The molecule has 0 aliphatic heterocycles. The van der Waals surface area contributed by atoms with Gasteiger partial charge in [0.15, 0.2) is 9.84 Å². The summed E-state index contributed by atoms with van der Waals surface area (Å²) in [7, 11) is -1.34. The van der Waals surface area contributed by atoms with Gasteiger partial charge in [-0.15, -0.1) is 0 Å². The lowest BCUT2D eigenvalue weighted by Gasteiger charge is -2.20. The van der Waals surface area contributed by atoms with Gasteiger partial charge in [0.05, 0.1) is 10.6 Å². The Bertz CT molecular complexity index is 536. The maximum absolute atomic E-state index is 12.1. The first kappa shape index (κ1) is 16.1. The number of hydrogen-bond donors (Lipinski definition) is 1. The minimum Gasteiger partial charge on any atom is -0.389 e. The fraction of sp³-hybridized carbons (Fsp3) is 0.462. The monoisotopic (exact) mass is 300 g/mol. The van der Waals surface area contributed by atoms with Gasteiger partial charge in [-0.05, 0) is 33.0 Å². The standard InChI is InChI=1S/C13H20N2O2S2/c1-10(2)15(3)8-9-19(16,17)12-6-4-11(5-7-12)13(14)18/h4-7,10H,8-9H2,1-3H3,(H2,14,18). The van der Waals surface area contributed by atoms with Crippen molar-refractivity contribution in [1.82, 2.24) is 4.90 Å². The smallest absolute Gasteiger partial charge is 0.179 e. The number of rotatable bonds is 6. The molecule has 0 bridgehead atoms. The summed E-state index contributed by atoms with van der Waals surface area (Å²) in [4.78, 5) is 2.58. The second kappa shape index (κ2) is 6.45. The van der Waals surface area contributed by atoms with E-state index in [1.165, 1.54) is 0 Å². The number of sulfone groups is 1. The first-order valence-electron chi connectivity index (χ1n) is 6.07. The van der Waals surface area contributed by atoms with Crippen LogP contribution in [0.25, 0.3) is 0 Å². The summed E-state index contributed by atoms with van der Waals surface area (Å²) < 4.78 is 24.3. The average Bonchev–Trinajstić information content (AvgIpc) is 2.36. The van der Waals surface area contributed by atoms with Crippen LogP contribution < -0.4 is 5.73 Å². The Hall–Kier alpha value is -0.980. The fourth-order valence-electron chi connectivity index (χ4n) is 1.47. The van der Waals surface area contributed by atoms with Crippen molar-refractivity contribution < 1.29 is 8.42 Å². The zero-order valence-electron chi connectivity index (χ0n) is 11.5. The van der Waals surface area contributed by atoms with Crippen LogP contribution in [0.4, 0.5) is 0 Å². The highest BCUT2D eigenvalue weighted by Gasteiger charge is 2.16. The molecule has 1 aromatic rings. The van der Waals surface area contributed by atoms with Crippen molar-refractivity contribution in [2.45, 2.75) is 24.8 Å². The zero-order chi connectivity index (χ0) is 14.6. The second-order valence-electron chi connectivity index (χ2n) is 4.78. The van der Waals surface area contributed by atoms with E-state index < -0.39 is 9.84 Å². The molecular formula is C13H20N2O2S2. The van der Waals surface area contributed by atoms with Gasteiger partial charge >= 0.3 is 0 Å². The lowest BCUT2D eigenvalue weighted by Crippen LogP contribution is -2.31. The van der Waals surface area contributed by atoms with Gasteiger partial charge < -0.3 is 10.6 Å². The molecule has 0 aliphatic rings. The number of nitrogens with two attached hydrogens (primary N) is 1. The van der Waals surface area contributed by atoms with Crippen LogP contribution in [-0.4, -0.2) is 43.7 Å². The van der Waals surface area contributed by atoms with E-state index in [2.05, 4.69) is 0 Å². The average molecular weight is 300 g/mol. The second-order valence-corrected chi connectivity index (χ2v) is 7.33. The molecule has 0 aromatic heterocycles. The van der Waals surface area contributed by atoms with Crippen LogP contribution in [0.1, 0.15) is 19.4 Å². The van der Waals surface area contributed by atoms with Crippen molar-refractivity contribution in [3.05, 3.63) is 29.8 Å². The summed E-state index contributed by atoms with van der Waals surface area (Å²) in [5.41, 5.74) is 6.15. The topological polar surface area (TPSA) is 63.4 Å². The normalized spacial score (nSPS) is 12.1. The van der Waals surface area contributed by atoms with E-state index in [1.807, 2.05) is 25.8 Å². The van der Waals surface area contributed by atoms with Gasteiger partial charge in [0.2, 0.25) is 0 Å². The zero-order valence-corrected chi connectivity index (χ0v) is 13.1. The maximum atomic E-state index is 12.1. The Balaban J connectivity index is 2.80. The molecule has 0 atom stereocenters. The molecular weight excluding hydrogens is 280 g/mol. The highest BCUT2D eigenvalue weighted by molar-refractivity contribution is 7.91. The molecule has 0 amide bonds. The van der Waals surface area contributed by atoms with Crippen molar-refractivity contribution in [3.63, 3.8) is 0 Å². The summed E-state index contributed by atoms with van der Waals surface area (Å²) in [5.74, 6) is 0.105. The summed E-state index contributed by atoms with van der Waals surface area (Å²) in [6, 6.07) is 6.72. The Morgan fingerprint density at radius 2 is 1.84 bits per heavy atom. The Kier molecular flexibility index (Phi) is 5.46. The summed E-state index contributed by atoms with van der Waals surface area (Å²) in [5, 5.41) is 0. The first-order valence-corrected chi connectivity index (χ1v) is 8.13. The van der Waals surface area contributed by atoms with Crippen molar-refractivity contribution in [2.24, 2.45) is 5.73 Å². The van der Waals surface area contributed by atoms with Gasteiger partial charge in [0.1, 0.15) is 4.99 Å². The summed E-state index contributed by atoms with van der Waals surface area (Å²) in [6.45, 7) is 4.57. The molecule has 0 heterocycles. The molecule has 0 saturated heterocycles. The minimum absolute atomic E-state index is 0.105. The van der Waals surface area contributed by atoms with Crippen LogP contribution >= 0.6 is 12.2 Å². The Morgan fingerprint density at radius 3 is 2.26 bits per heavy atom. The van der Waals surface area contributed by atoms with Crippen LogP contribution in [0.15, 0.2) is 29.2 Å². The van der Waals surface area contributed by atoms with Gasteiger partial charge in [-0.25, -0.2) is 8.42 Å². The van der Waals surface area contributed by atoms with Gasteiger partial charge in [-0.2, -0.15) is 0 Å². The Labute approximate surface area is 120 Å². The van der Waals surface area contributed by atoms with Gasteiger partial charge in [-0.3, -0.25) is 0 Å². The third-order valence-corrected chi connectivity index (χ3v) is 5.04. The summed E-state index contributed by atoms with van der Waals surface area (Å²) >= 11 is 4.83. The minimum atomic E-state index is -3.26. The van der Waals surface area contributed by atoms with Crippen LogP contribution in [0.5, 0.6) is 0 Å². The lowest BCUT2D eigenvalue weighted by molar-refractivity contribution is 0.289. The van der Waals surface area contributed by atoms with Gasteiger partial charge in [0, 0.05) is 18.2 Å². The maximum Gasteiger partial charge on any atom is 0.179 e. The first-order chi connectivity index (χ1) is 8.74. The van der Waals surface area contributed by atoms with Gasteiger partial charge in [0.25, 0.3) is 0 Å². The summed E-state index contributed by atoms with van der Waals surface area (Å²) in [6.07, 6.45) is 0. The van der Waals surface area contributed by atoms with E-state index in [-0.39, 0.29) is 10.7 Å². The third-order valence-electron chi connectivity index (χ3n) is 3.09. The highest BCUT2D eigenvalue weighted by Crippen LogP contribution is 2.13. The molecule has 0 aliphatic carbocycles. The number of thiocarbonyl (C=S) groups is 1. The van der Waals surface area contributed by atoms with Gasteiger partial charge in [-0.1, -0.05) is 24.4 Å². The highest BCUT2D eigenvalue weighted by atomic mass is 32.2. The van der Waals surface area contributed by atoms with E-state index in [1.54, 1.807) is 24.3 Å². The van der Waals surface area contributed by atoms with Crippen LogP contribution in [0.2, 0.25) is 0 Å². The van der Waals surface area contributed by atoms with E-state index in [0.717, 1.165) is 0 Å². The molecule has 6 heteroatoms. The molecule has 1 aromatic carbocycles. The van der Waals surface area contributed by atoms with E-state index in [4.69, 9.17) is 18.0 Å². The molecule has 0 spiro atoms. The van der Waals surface area contributed by atoms with E-state index >= 15 is 0 Å². The number of nitrogens with zero attached hydrogens (tertiary/aromatic N) is 1. The molecule has 1 rings (SSSR count). The van der Waals surface area contributed by atoms with Crippen LogP contribution in [0, 0.1) is 0 Å². The predicted molar refractivity (Wildman–Crippen MR) is 82.1 cm³/mol. The van der Waals surface area contributed by atoms with Crippen molar-refractivity contribution in [3.8, 4) is 0 Å². The van der Waals surface area contributed by atoms with Crippen LogP contribution in [-0.2, 0) is 9.84 Å². The Morgan fingerprint density at radius 1 is 1.32 bits per heavy atom. The lowest BCUT2D eigenvalue weighted by atomic mass is 10.2. The van der Waals surface area contributed by atoms with E-state index in [0.29, 0.717) is 23.0 Å². The van der Waals surface area contributed by atoms with Crippen molar-refractivity contribution in [1.29, 1.82) is 0 Å². The van der Waals surface area contributed by atoms with Crippen molar-refractivity contribution >= 4 is 27.0 Å². The number of hydrogen-bond acceptors (Lipinski definition) is 4. The quantitative estimate of drug-likeness (QED) is 0.805. The predicted octanol–water partition coefficient (Wildman–Crippen LogP) is 1.43. The molecule has 0 radical (unpaired) electrons. The fourth-order valence-corrected chi connectivity index (χ4v) is 2.92. The van der Waals surface area contributed by atoms with E-state index in [9.17, 15) is 8.42 Å². The molecule has 106 valence electrons. The molecule has 4 nitrogen and oxygen atoms in total. The molecule has 0 fully saturated rings. The van der Waals surface area contributed by atoms with Crippen molar-refractivity contribution in [2.75, 3.05) is 19.3 Å². The van der Waals surface area contributed by atoms with Crippen LogP contribution in [0.3, 0.4) is 0 Å². The molecule has 0 unspecified atom stereocenters. The molecule has 0 saturated carbocycles.